The standard InChI is InChI=1S/C13H16/c1-3-4-5-8-13-9-6-7-12(2)10-11-13/h3-5,7-11H,6H2,1-2H3/b4-3-,8-5-. The molecular weight excluding hydrogens is 156 g/mol. The van der Waals surface area contributed by atoms with Crippen molar-refractivity contribution >= 4 is 0 Å². The van der Waals surface area contributed by atoms with E-state index in [1.165, 1.54) is 11.1 Å². The topological polar surface area (TPSA) is 0 Å². The lowest BCUT2D eigenvalue weighted by atomic mass is 10.2. The molecule has 0 aromatic heterocycles. The van der Waals surface area contributed by atoms with Crippen LogP contribution in [0.5, 0.6) is 0 Å². The first-order valence-electron chi connectivity index (χ1n) is 4.67. The van der Waals surface area contributed by atoms with Crippen LogP contribution in [0.1, 0.15) is 20.3 Å². The van der Waals surface area contributed by atoms with Crippen LogP contribution >= 0.6 is 0 Å². The van der Waals surface area contributed by atoms with Crippen LogP contribution < -0.4 is 0 Å². The summed E-state index contributed by atoms with van der Waals surface area (Å²) in [5, 5.41) is 0. The Morgan fingerprint density at radius 3 is 2.77 bits per heavy atom. The van der Waals surface area contributed by atoms with Crippen molar-refractivity contribution in [1.29, 1.82) is 0 Å². The van der Waals surface area contributed by atoms with Gasteiger partial charge in [-0.25, -0.2) is 0 Å². The lowest BCUT2D eigenvalue weighted by Crippen LogP contribution is -1.68. The molecule has 0 aromatic rings. The minimum atomic E-state index is 1.04. The van der Waals surface area contributed by atoms with Gasteiger partial charge in [-0.15, -0.1) is 0 Å². The summed E-state index contributed by atoms with van der Waals surface area (Å²) in [6.07, 6.45) is 18.1. The van der Waals surface area contributed by atoms with Gasteiger partial charge in [-0.2, -0.15) is 0 Å². The van der Waals surface area contributed by atoms with Crippen molar-refractivity contribution in [3.05, 3.63) is 59.8 Å². The highest BCUT2D eigenvalue weighted by molar-refractivity contribution is 5.38. The van der Waals surface area contributed by atoms with E-state index in [1.807, 2.05) is 19.1 Å². The fourth-order valence-electron chi connectivity index (χ4n) is 1.15. The molecule has 0 N–H and O–H groups in total. The van der Waals surface area contributed by atoms with Crippen LogP contribution in [-0.2, 0) is 0 Å². The Kier molecular flexibility index (Phi) is 4.04. The molecule has 0 aromatic carbocycles. The zero-order valence-electron chi connectivity index (χ0n) is 8.33. The minimum Gasteiger partial charge on any atom is -0.0877 e. The highest BCUT2D eigenvalue weighted by atomic mass is 14.0. The Bertz CT molecular complexity index is 296. The molecule has 0 radical (unpaired) electrons. The van der Waals surface area contributed by atoms with E-state index in [0.717, 1.165) is 6.42 Å². The Morgan fingerprint density at radius 2 is 2.00 bits per heavy atom. The summed E-state index contributed by atoms with van der Waals surface area (Å²) in [5.41, 5.74) is 2.62. The lowest BCUT2D eigenvalue weighted by Gasteiger charge is -1.88. The summed E-state index contributed by atoms with van der Waals surface area (Å²) >= 11 is 0. The molecule has 0 bridgehead atoms. The van der Waals surface area contributed by atoms with E-state index in [0.29, 0.717) is 0 Å². The summed E-state index contributed by atoms with van der Waals surface area (Å²) in [5.74, 6) is 0. The van der Waals surface area contributed by atoms with E-state index in [4.69, 9.17) is 0 Å². The van der Waals surface area contributed by atoms with Gasteiger partial charge in [0.1, 0.15) is 0 Å². The number of hydrogen-bond acceptors (Lipinski definition) is 0. The third kappa shape index (κ3) is 3.75. The maximum Gasteiger partial charge on any atom is -0.0154 e. The van der Waals surface area contributed by atoms with Crippen molar-refractivity contribution in [2.75, 3.05) is 0 Å². The lowest BCUT2D eigenvalue weighted by molar-refractivity contribution is 1.34. The average molecular weight is 172 g/mol. The number of rotatable bonds is 2. The second-order valence-corrected chi connectivity index (χ2v) is 3.11. The zero-order chi connectivity index (χ0) is 9.52. The monoisotopic (exact) mass is 172 g/mol. The maximum atomic E-state index is 2.23. The van der Waals surface area contributed by atoms with Crippen LogP contribution in [0.4, 0.5) is 0 Å². The number of hydrogen-bond donors (Lipinski definition) is 0. The van der Waals surface area contributed by atoms with E-state index in [2.05, 4.69) is 43.4 Å². The molecule has 0 fully saturated rings. The molecule has 0 saturated heterocycles. The molecule has 0 amide bonds. The molecule has 0 aliphatic heterocycles. The second-order valence-electron chi connectivity index (χ2n) is 3.11. The van der Waals surface area contributed by atoms with Crippen LogP contribution in [0.3, 0.4) is 0 Å². The van der Waals surface area contributed by atoms with Gasteiger partial charge in [-0.1, -0.05) is 54.2 Å². The Labute approximate surface area is 80.7 Å². The molecule has 0 unspecified atom stereocenters. The molecule has 0 heteroatoms. The third-order valence-electron chi connectivity index (χ3n) is 1.92. The molecule has 13 heavy (non-hydrogen) atoms. The van der Waals surface area contributed by atoms with Gasteiger partial charge in [-0.3, -0.25) is 0 Å². The molecule has 0 saturated carbocycles. The van der Waals surface area contributed by atoms with Crippen LogP contribution in [-0.4, -0.2) is 0 Å². The molecule has 0 heterocycles. The smallest absolute Gasteiger partial charge is 0.0154 e. The summed E-state index contributed by atoms with van der Waals surface area (Å²) < 4.78 is 0. The molecule has 0 nitrogen and oxygen atoms in total. The van der Waals surface area contributed by atoms with Gasteiger partial charge in [-0.05, 0) is 25.8 Å². The van der Waals surface area contributed by atoms with Gasteiger partial charge >= 0.3 is 0 Å². The molecule has 0 spiro atoms. The first-order valence-corrected chi connectivity index (χ1v) is 4.67. The Balaban J connectivity index is 2.63. The molecule has 0 atom stereocenters. The average Bonchev–Trinajstić information content (AvgIpc) is 2.32. The molecule has 68 valence electrons. The van der Waals surface area contributed by atoms with E-state index < -0.39 is 0 Å². The Morgan fingerprint density at radius 1 is 1.15 bits per heavy atom. The fourth-order valence-corrected chi connectivity index (χ4v) is 1.15. The van der Waals surface area contributed by atoms with Crippen molar-refractivity contribution < 1.29 is 0 Å². The van der Waals surface area contributed by atoms with Gasteiger partial charge in [0.2, 0.25) is 0 Å². The summed E-state index contributed by atoms with van der Waals surface area (Å²) in [6, 6.07) is 0. The summed E-state index contributed by atoms with van der Waals surface area (Å²) in [6.45, 7) is 4.15. The van der Waals surface area contributed by atoms with E-state index in [-0.39, 0.29) is 0 Å². The maximum absolute atomic E-state index is 2.23. The van der Waals surface area contributed by atoms with Gasteiger partial charge in [0.15, 0.2) is 0 Å². The van der Waals surface area contributed by atoms with Crippen molar-refractivity contribution in [2.24, 2.45) is 0 Å². The molecule has 1 aliphatic carbocycles. The molecule has 1 rings (SSSR count). The first kappa shape index (κ1) is 9.79. The summed E-state index contributed by atoms with van der Waals surface area (Å²) in [7, 11) is 0. The SMILES string of the molecule is C/C=C\C=C/C1=CCC=C(C)C=C1. The largest absolute Gasteiger partial charge is 0.0877 e. The van der Waals surface area contributed by atoms with Crippen LogP contribution in [0, 0.1) is 0 Å². The third-order valence-corrected chi connectivity index (χ3v) is 1.92. The molecular formula is C13H16. The van der Waals surface area contributed by atoms with Crippen LogP contribution in [0.15, 0.2) is 59.8 Å². The predicted octanol–water partition coefficient (Wildman–Crippen LogP) is 3.95. The van der Waals surface area contributed by atoms with Crippen molar-refractivity contribution in [2.45, 2.75) is 20.3 Å². The van der Waals surface area contributed by atoms with Crippen molar-refractivity contribution in [1.82, 2.24) is 0 Å². The van der Waals surface area contributed by atoms with E-state index in [1.54, 1.807) is 0 Å². The van der Waals surface area contributed by atoms with Crippen molar-refractivity contribution in [3.63, 3.8) is 0 Å². The quantitative estimate of drug-likeness (QED) is 0.553. The fraction of sp³-hybridized carbons (Fsp3) is 0.231. The second kappa shape index (κ2) is 5.36. The van der Waals surface area contributed by atoms with Gasteiger partial charge in [0.25, 0.3) is 0 Å². The van der Waals surface area contributed by atoms with Crippen LogP contribution in [0.25, 0.3) is 0 Å². The van der Waals surface area contributed by atoms with Gasteiger partial charge in [0, 0.05) is 0 Å². The predicted molar refractivity (Wildman–Crippen MR) is 59.6 cm³/mol. The summed E-state index contributed by atoms with van der Waals surface area (Å²) in [4.78, 5) is 0. The number of allylic oxidation sites excluding steroid dienone is 10. The highest BCUT2D eigenvalue weighted by Crippen LogP contribution is 2.10. The minimum absolute atomic E-state index is 1.04. The van der Waals surface area contributed by atoms with Crippen molar-refractivity contribution in [3.8, 4) is 0 Å². The highest BCUT2D eigenvalue weighted by Gasteiger charge is 1.90. The molecule has 1 aliphatic rings. The van der Waals surface area contributed by atoms with E-state index in [9.17, 15) is 0 Å². The zero-order valence-corrected chi connectivity index (χ0v) is 8.33. The van der Waals surface area contributed by atoms with Crippen LogP contribution in [0.2, 0.25) is 0 Å². The van der Waals surface area contributed by atoms with Gasteiger partial charge in [0.05, 0.1) is 0 Å². The van der Waals surface area contributed by atoms with Gasteiger partial charge < -0.3 is 0 Å². The first-order chi connectivity index (χ1) is 6.33. The normalized spacial score (nSPS) is 17.7. The van der Waals surface area contributed by atoms with E-state index >= 15 is 0 Å². The Hall–Kier alpha value is -1.30.